The number of hydrogen-bond donors (Lipinski definition) is 1. The summed E-state index contributed by atoms with van der Waals surface area (Å²) >= 11 is 0. The largest absolute Gasteiger partial charge is 0.365 e. The molecule has 0 amide bonds. The molecule has 2 aromatic rings. The molecule has 2 N–H and O–H groups in total. The highest BCUT2D eigenvalue weighted by molar-refractivity contribution is 5.11. The number of hydrogen-bond acceptors (Lipinski definition) is 4. The summed E-state index contributed by atoms with van der Waals surface area (Å²) < 4.78 is 1.68. The number of nitrogens with zero attached hydrogens (tertiary/aromatic N) is 5. The molecule has 6 nitrogen and oxygen atoms in total. The van der Waals surface area contributed by atoms with Crippen LogP contribution in [0.3, 0.4) is 0 Å². The van der Waals surface area contributed by atoms with Crippen molar-refractivity contribution in [2.45, 2.75) is 0 Å². The molecule has 56 valence electrons. The Morgan fingerprint density at radius 2 is 2.00 bits per heavy atom. The van der Waals surface area contributed by atoms with Crippen LogP contribution < -0.4 is 5.73 Å². The molecule has 0 aliphatic carbocycles. The Bertz CT molecular complexity index is 333. The lowest BCUT2D eigenvalue weighted by atomic mass is 10.7. The van der Waals surface area contributed by atoms with Crippen LogP contribution in [0.5, 0.6) is 0 Å². The highest BCUT2D eigenvalue weighted by Gasteiger charge is 1.99. The van der Waals surface area contributed by atoms with E-state index in [1.807, 2.05) is 12.1 Å². The average Bonchev–Trinajstić information content (AvgIpc) is 2.55. The van der Waals surface area contributed by atoms with Crippen LogP contribution >= 0.6 is 0 Å². The third-order valence-corrected chi connectivity index (χ3v) is 1.28. The quantitative estimate of drug-likeness (QED) is 0.587. The van der Waals surface area contributed by atoms with Crippen molar-refractivity contribution in [3.05, 3.63) is 24.5 Å². The van der Waals surface area contributed by atoms with Gasteiger partial charge in [0.25, 0.3) is 5.95 Å². The fourth-order valence-corrected chi connectivity index (χ4v) is 0.806. The number of anilines is 1. The number of rotatable bonds is 1. The van der Waals surface area contributed by atoms with Crippen molar-refractivity contribution >= 4 is 5.95 Å². The Hall–Kier alpha value is -1.85. The van der Waals surface area contributed by atoms with Crippen LogP contribution in [-0.2, 0) is 0 Å². The van der Waals surface area contributed by atoms with Crippen LogP contribution in [0.1, 0.15) is 0 Å². The van der Waals surface area contributed by atoms with Gasteiger partial charge in [0.05, 0.1) is 0 Å². The summed E-state index contributed by atoms with van der Waals surface area (Å²) in [5.74, 6) is 0.265. The van der Waals surface area contributed by atoms with Gasteiger partial charge in [0.1, 0.15) is 0 Å². The molecule has 0 radical (unpaired) electrons. The highest BCUT2D eigenvalue weighted by Crippen LogP contribution is 1.94. The van der Waals surface area contributed by atoms with Crippen molar-refractivity contribution in [1.29, 1.82) is 0 Å². The average molecular weight is 150 g/mol. The molecule has 2 aromatic heterocycles. The van der Waals surface area contributed by atoms with Gasteiger partial charge in [0.15, 0.2) is 0 Å². The molecular weight excluding hydrogens is 144 g/mol. The van der Waals surface area contributed by atoms with Gasteiger partial charge in [-0.15, -0.1) is 4.79 Å². The number of nitrogen functional groups attached to an aromatic ring is 1. The lowest BCUT2D eigenvalue weighted by Crippen LogP contribution is -2.11. The molecule has 2 rings (SSSR count). The van der Waals surface area contributed by atoms with Crippen molar-refractivity contribution in [3.8, 4) is 0 Å². The Morgan fingerprint density at radius 3 is 2.55 bits per heavy atom. The van der Waals surface area contributed by atoms with E-state index in [9.17, 15) is 0 Å². The summed E-state index contributed by atoms with van der Waals surface area (Å²) in [6.07, 6.45) is 3.60. The molecule has 0 bridgehead atoms. The minimum absolute atomic E-state index is 0.265. The molecule has 0 aromatic carbocycles. The maximum Gasteiger partial charge on any atom is 0.261 e. The topological polar surface area (TPSA) is 74.6 Å². The molecular formula is C5H6N6. The van der Waals surface area contributed by atoms with Gasteiger partial charge in [-0.3, -0.25) is 0 Å². The summed E-state index contributed by atoms with van der Waals surface area (Å²) in [7, 11) is 0. The third-order valence-electron chi connectivity index (χ3n) is 1.28. The maximum atomic E-state index is 5.44. The van der Waals surface area contributed by atoms with Gasteiger partial charge in [-0.2, -0.15) is 0 Å². The lowest BCUT2D eigenvalue weighted by Gasteiger charge is -1.99. The minimum Gasteiger partial charge on any atom is -0.365 e. The van der Waals surface area contributed by atoms with Crippen molar-refractivity contribution in [2.75, 3.05) is 5.73 Å². The van der Waals surface area contributed by atoms with Gasteiger partial charge in [0, 0.05) is 12.4 Å². The van der Waals surface area contributed by atoms with E-state index in [1.165, 1.54) is 4.79 Å². The van der Waals surface area contributed by atoms with E-state index in [0.717, 1.165) is 0 Å². The van der Waals surface area contributed by atoms with E-state index in [1.54, 1.807) is 17.1 Å². The second kappa shape index (κ2) is 2.08. The van der Waals surface area contributed by atoms with Crippen molar-refractivity contribution in [2.24, 2.45) is 0 Å². The number of tetrazole rings is 1. The van der Waals surface area contributed by atoms with Crippen LogP contribution in [0, 0.1) is 0 Å². The minimum atomic E-state index is 0.265. The Morgan fingerprint density at radius 1 is 1.27 bits per heavy atom. The normalized spacial score (nSPS) is 10.2. The summed E-state index contributed by atoms with van der Waals surface area (Å²) in [5, 5.41) is 10.6. The lowest BCUT2D eigenvalue weighted by molar-refractivity contribution is 0.560. The molecule has 2 heterocycles. The Kier molecular flexibility index (Phi) is 1.12. The second-order valence-corrected chi connectivity index (χ2v) is 1.99. The predicted molar refractivity (Wildman–Crippen MR) is 37.5 cm³/mol. The van der Waals surface area contributed by atoms with E-state index in [-0.39, 0.29) is 5.95 Å². The molecule has 0 saturated heterocycles. The van der Waals surface area contributed by atoms with Crippen LogP contribution in [0.2, 0.25) is 0 Å². The fraction of sp³-hybridized carbons (Fsp3) is 0. The number of aromatic nitrogens is 5. The first-order valence-electron chi connectivity index (χ1n) is 3.05. The molecule has 0 aliphatic rings. The molecule has 0 spiro atoms. The van der Waals surface area contributed by atoms with Gasteiger partial charge in [-0.1, -0.05) is 5.10 Å². The monoisotopic (exact) mass is 150 g/mol. The fourth-order valence-electron chi connectivity index (χ4n) is 0.806. The Balaban J connectivity index is 2.53. The van der Waals surface area contributed by atoms with Gasteiger partial charge >= 0.3 is 0 Å². The van der Waals surface area contributed by atoms with Gasteiger partial charge < -0.3 is 5.73 Å². The zero-order chi connectivity index (χ0) is 7.68. The smallest absolute Gasteiger partial charge is 0.261 e. The SMILES string of the molecule is Nc1nnnn1-n1cccc1. The molecule has 11 heavy (non-hydrogen) atoms. The summed E-state index contributed by atoms with van der Waals surface area (Å²) in [5.41, 5.74) is 5.44. The third kappa shape index (κ3) is 0.841. The molecule has 0 unspecified atom stereocenters. The van der Waals surface area contributed by atoms with E-state index < -0.39 is 0 Å². The zero-order valence-corrected chi connectivity index (χ0v) is 5.62. The van der Waals surface area contributed by atoms with Crippen LogP contribution in [-0.4, -0.2) is 25.0 Å². The Labute approximate surface area is 62.2 Å². The van der Waals surface area contributed by atoms with Crippen LogP contribution in [0.4, 0.5) is 5.95 Å². The first kappa shape index (κ1) is 5.90. The zero-order valence-electron chi connectivity index (χ0n) is 5.62. The first-order valence-corrected chi connectivity index (χ1v) is 3.05. The highest BCUT2D eigenvalue weighted by atomic mass is 15.7. The molecule has 0 atom stereocenters. The number of nitrogens with two attached hydrogens (primary N) is 1. The predicted octanol–water partition coefficient (Wildman–Crippen LogP) is -0.632. The van der Waals surface area contributed by atoms with Crippen molar-refractivity contribution in [3.63, 3.8) is 0 Å². The standard InChI is InChI=1S/C5H6N6/c6-5-7-8-9-11(5)10-3-1-2-4-10/h1-4H,(H2,6,7,9). The van der Waals surface area contributed by atoms with E-state index in [0.29, 0.717) is 0 Å². The van der Waals surface area contributed by atoms with E-state index in [4.69, 9.17) is 5.73 Å². The van der Waals surface area contributed by atoms with Crippen LogP contribution in [0.15, 0.2) is 24.5 Å². The van der Waals surface area contributed by atoms with Gasteiger partial charge in [-0.25, -0.2) is 4.68 Å². The molecule has 0 saturated carbocycles. The summed E-state index contributed by atoms with van der Waals surface area (Å²) in [6, 6.07) is 3.72. The molecule has 0 fully saturated rings. The molecule has 0 aliphatic heterocycles. The molecule has 6 heteroatoms. The maximum absolute atomic E-state index is 5.44. The van der Waals surface area contributed by atoms with E-state index >= 15 is 0 Å². The van der Waals surface area contributed by atoms with Gasteiger partial charge in [-0.05, 0) is 22.6 Å². The van der Waals surface area contributed by atoms with Crippen molar-refractivity contribution < 1.29 is 0 Å². The van der Waals surface area contributed by atoms with Crippen molar-refractivity contribution in [1.82, 2.24) is 25.0 Å². The second-order valence-electron chi connectivity index (χ2n) is 1.99. The summed E-state index contributed by atoms with van der Waals surface area (Å²) in [4.78, 5) is 1.39. The van der Waals surface area contributed by atoms with Gasteiger partial charge in [0.2, 0.25) is 0 Å². The van der Waals surface area contributed by atoms with E-state index in [2.05, 4.69) is 15.5 Å². The summed E-state index contributed by atoms with van der Waals surface area (Å²) in [6.45, 7) is 0. The first-order chi connectivity index (χ1) is 5.38. The van der Waals surface area contributed by atoms with Crippen LogP contribution in [0.25, 0.3) is 0 Å².